The van der Waals surface area contributed by atoms with Crippen molar-refractivity contribution in [2.75, 3.05) is 0 Å². The monoisotopic (exact) mass is 566 g/mol. The molecule has 0 amide bonds. The van der Waals surface area contributed by atoms with Gasteiger partial charge in [0.2, 0.25) is 0 Å². The summed E-state index contributed by atoms with van der Waals surface area (Å²) in [5.41, 5.74) is 1.82. The van der Waals surface area contributed by atoms with Gasteiger partial charge < -0.3 is 9.53 Å². The molecule has 3 nitrogen and oxygen atoms in total. The van der Waals surface area contributed by atoms with Crippen LogP contribution in [-0.4, -0.2) is 18.4 Å². The molecule has 2 fully saturated rings. The summed E-state index contributed by atoms with van der Waals surface area (Å²) in [4.78, 5) is 24.6. The van der Waals surface area contributed by atoms with Crippen LogP contribution in [0.5, 0.6) is 0 Å². The number of ether oxygens (including phenoxy) is 1. The summed E-state index contributed by atoms with van der Waals surface area (Å²) in [5, 5.41) is 2.35. The van der Waals surface area contributed by atoms with Gasteiger partial charge in [-0.05, 0) is 88.3 Å². The first-order valence-corrected chi connectivity index (χ1v) is 14.1. The molecular weight excluding hydrogens is 531 g/mol. The molecule has 2 saturated carbocycles. The molecule has 10 radical (unpaired) electrons. The van der Waals surface area contributed by atoms with Crippen molar-refractivity contribution in [1.29, 1.82) is 0 Å². The van der Waals surface area contributed by atoms with E-state index in [9.17, 15) is 9.59 Å². The van der Waals surface area contributed by atoms with E-state index in [0.29, 0.717) is 18.8 Å². The molecule has 4 rings (SSSR count). The zero-order valence-corrected chi connectivity index (χ0v) is 24.0. The van der Waals surface area contributed by atoms with Crippen LogP contribution >= 0.6 is 7.92 Å². The average Bonchev–Trinajstić information content (AvgIpc) is 3.68. The van der Waals surface area contributed by atoms with Crippen molar-refractivity contribution in [3.05, 3.63) is 136 Å². The van der Waals surface area contributed by atoms with Crippen LogP contribution in [0.4, 0.5) is 0 Å². The van der Waals surface area contributed by atoms with E-state index in [2.05, 4.69) is 30.8 Å². The maximum Gasteiger partial charge on any atom is 0.315 e. The van der Waals surface area contributed by atoms with Crippen molar-refractivity contribution in [3.63, 3.8) is 0 Å². The molecule has 0 saturated heterocycles. The van der Waals surface area contributed by atoms with Crippen molar-refractivity contribution in [2.45, 2.75) is 39.2 Å². The van der Waals surface area contributed by atoms with Gasteiger partial charge in [0.15, 0.2) is 0 Å². The van der Waals surface area contributed by atoms with Crippen molar-refractivity contribution >= 4 is 30.8 Å². The van der Waals surface area contributed by atoms with Gasteiger partial charge in [-0.3, -0.25) is 4.79 Å². The van der Waals surface area contributed by atoms with Crippen molar-refractivity contribution in [1.82, 2.24) is 0 Å². The van der Waals surface area contributed by atoms with E-state index in [-0.39, 0.29) is 29.0 Å². The predicted molar refractivity (Wildman–Crippen MR) is 154 cm³/mol. The number of carbonyl (C=O) groups excluding carboxylic acids is 2. The second-order valence-corrected chi connectivity index (χ2v) is 10.9. The number of hydrogen-bond donors (Lipinski definition) is 0. The number of carbonyl (C=O) groups is 2. The quantitative estimate of drug-likeness (QED) is 0.105. The minimum absolute atomic E-state index is 0. The normalized spacial score (nSPS) is 17.1. The van der Waals surface area contributed by atoms with E-state index in [1.807, 2.05) is 102 Å². The molecule has 0 unspecified atom stereocenters. The first kappa shape index (κ1) is 32.5. The van der Waals surface area contributed by atoms with Gasteiger partial charge in [0, 0.05) is 35.1 Å². The maximum absolute atomic E-state index is 13.4. The van der Waals surface area contributed by atoms with Crippen molar-refractivity contribution in [2.24, 2.45) is 5.92 Å². The maximum atomic E-state index is 13.4. The minimum atomic E-state index is -0.911. The van der Waals surface area contributed by atoms with Gasteiger partial charge in [-0.1, -0.05) is 81.1 Å². The van der Waals surface area contributed by atoms with E-state index >= 15 is 0 Å². The third kappa shape index (κ3) is 9.18. The topological polar surface area (TPSA) is 43.4 Å². The Morgan fingerprint density at radius 3 is 1.84 bits per heavy atom. The molecule has 0 N–H and O–H groups in total. The van der Waals surface area contributed by atoms with E-state index in [0.717, 1.165) is 23.9 Å². The molecule has 2 aromatic rings. The first-order valence-electron chi connectivity index (χ1n) is 12.8. The van der Waals surface area contributed by atoms with Crippen LogP contribution < -0.4 is 10.6 Å². The molecule has 0 spiro atoms. The molecule has 0 aliphatic heterocycles. The van der Waals surface area contributed by atoms with Crippen LogP contribution in [0.1, 0.15) is 33.1 Å². The van der Waals surface area contributed by atoms with Crippen LogP contribution in [0.25, 0.3) is 0 Å². The predicted octanol–water partition coefficient (Wildman–Crippen LogP) is 6.36. The molecule has 2 aromatic carbocycles. The van der Waals surface area contributed by atoms with Crippen LogP contribution in [0.2, 0.25) is 0 Å². The Kier molecular flexibility index (Phi) is 15.2. The molecule has 0 bridgehead atoms. The summed E-state index contributed by atoms with van der Waals surface area (Å²) in [6.07, 6.45) is 18.0. The molecule has 38 heavy (non-hydrogen) atoms. The van der Waals surface area contributed by atoms with Crippen LogP contribution in [0.3, 0.4) is 0 Å². The molecule has 0 aromatic heterocycles. The fraction of sp³-hybridized carbons (Fsp3) is 0.212. The van der Waals surface area contributed by atoms with E-state index < -0.39 is 14.0 Å². The summed E-state index contributed by atoms with van der Waals surface area (Å²) >= 11 is 0. The second kappa shape index (κ2) is 17.8. The standard InChI is InChI=1S/C28H30O3P.C5H5.Fe/c1-4-21(3)27(22(5-2)19-20-29)31-28(30)25-17-12-18-26(25)32(23-13-8-6-9-14-23)24-15-10-7-11-16-24;1-2-4-5-3-1;/h6-18,20,22,27H,3-5,19H2,1-2H3;1-5H;/t22-,27+;;/m1../s1. The third-order valence-corrected chi connectivity index (χ3v) is 8.78. The SMILES string of the molecule is C=C(CC)[C@H](OC(=O)[C]1[CH][CH][CH][C]1P(c1ccccc1)c1ccccc1)[C@H](CC)CC=O.[CH]1[CH][CH][CH][CH]1.[Fe]. The van der Waals surface area contributed by atoms with Gasteiger partial charge in [-0.15, -0.1) is 0 Å². The zero-order valence-electron chi connectivity index (χ0n) is 22.0. The Morgan fingerprint density at radius 2 is 1.39 bits per heavy atom. The van der Waals surface area contributed by atoms with Crippen LogP contribution in [0, 0.1) is 68.9 Å². The Morgan fingerprint density at radius 1 is 0.868 bits per heavy atom. The number of rotatable bonds is 11. The number of hydrogen-bond acceptors (Lipinski definition) is 3. The zero-order chi connectivity index (χ0) is 26.5. The summed E-state index contributed by atoms with van der Waals surface area (Å²) in [6, 6.07) is 20.6. The Bertz CT molecular complexity index is 914. The molecular formula is C33H35FeO3P. The summed E-state index contributed by atoms with van der Waals surface area (Å²) in [6.45, 7) is 8.13. The second-order valence-electron chi connectivity index (χ2n) is 8.70. The Hall–Kier alpha value is -1.73. The molecule has 2 atom stereocenters. The molecule has 198 valence electrons. The van der Waals surface area contributed by atoms with Gasteiger partial charge in [0.25, 0.3) is 0 Å². The van der Waals surface area contributed by atoms with Gasteiger partial charge in [-0.2, -0.15) is 0 Å². The summed E-state index contributed by atoms with van der Waals surface area (Å²) in [5.74, 6) is 0.166. The summed E-state index contributed by atoms with van der Waals surface area (Å²) in [7, 11) is -0.911. The fourth-order valence-electron chi connectivity index (χ4n) is 4.20. The van der Waals surface area contributed by atoms with E-state index in [4.69, 9.17) is 4.74 Å². The smallest absolute Gasteiger partial charge is 0.315 e. The third-order valence-electron chi connectivity index (χ3n) is 6.28. The van der Waals surface area contributed by atoms with Gasteiger partial charge in [-0.25, -0.2) is 0 Å². The number of esters is 1. The van der Waals surface area contributed by atoms with Gasteiger partial charge in [0.1, 0.15) is 18.3 Å². The largest absolute Gasteiger partial charge is 0.457 e. The van der Waals surface area contributed by atoms with Gasteiger partial charge in [0.05, 0.1) is 0 Å². The number of benzene rings is 2. The Labute approximate surface area is 242 Å². The van der Waals surface area contributed by atoms with Gasteiger partial charge >= 0.3 is 5.97 Å². The minimum Gasteiger partial charge on any atom is -0.457 e. The fourth-order valence-corrected chi connectivity index (χ4v) is 6.64. The van der Waals surface area contributed by atoms with E-state index in [1.54, 1.807) is 0 Å². The van der Waals surface area contributed by atoms with Crippen LogP contribution in [0.15, 0.2) is 72.8 Å². The summed E-state index contributed by atoms with van der Waals surface area (Å²) < 4.78 is 6.03. The van der Waals surface area contributed by atoms with Crippen molar-refractivity contribution in [3.8, 4) is 0 Å². The molecule has 2 aliphatic rings. The van der Waals surface area contributed by atoms with E-state index in [1.165, 1.54) is 10.6 Å². The van der Waals surface area contributed by atoms with Crippen LogP contribution in [-0.2, 0) is 31.4 Å². The Balaban J connectivity index is 0.000000756. The number of aldehydes is 1. The first-order chi connectivity index (χ1) is 18.1. The average molecular weight is 566 g/mol. The molecule has 2 aliphatic carbocycles. The molecule has 5 heteroatoms. The molecule has 0 heterocycles. The van der Waals surface area contributed by atoms with Crippen molar-refractivity contribution < 1.29 is 31.4 Å².